The van der Waals surface area contributed by atoms with Gasteiger partial charge in [-0.2, -0.15) is 37.9 Å². The lowest BCUT2D eigenvalue weighted by Gasteiger charge is -2.21. The zero-order valence-corrected chi connectivity index (χ0v) is 7.35. The van der Waals surface area contributed by atoms with E-state index >= 15 is 0 Å². The first-order valence-electron chi connectivity index (χ1n) is 2.36. The van der Waals surface area contributed by atoms with Gasteiger partial charge in [0.2, 0.25) is 0 Å². The van der Waals surface area contributed by atoms with E-state index in [9.17, 15) is 0 Å². The average molecular weight is 167 g/mol. The monoisotopic (exact) mass is 167 g/mol. The van der Waals surface area contributed by atoms with E-state index in [1.54, 1.807) is 0 Å². The molecule has 0 aliphatic rings. The minimum absolute atomic E-state index is 0.0324. The summed E-state index contributed by atoms with van der Waals surface area (Å²) in [6, 6.07) is 0. The van der Waals surface area contributed by atoms with Crippen LogP contribution in [-0.4, -0.2) is 17.3 Å². The summed E-state index contributed by atoms with van der Waals surface area (Å²) in [4.78, 5) is 0. The summed E-state index contributed by atoms with van der Waals surface area (Å²) in [5, 5.41) is 0. The van der Waals surface area contributed by atoms with Gasteiger partial charge >= 0.3 is 0 Å². The van der Waals surface area contributed by atoms with Crippen molar-refractivity contribution in [3.63, 3.8) is 0 Å². The zero-order valence-electron chi connectivity index (χ0n) is 4.67. The molecule has 0 aromatic rings. The Morgan fingerprint density at radius 2 is 1.25 bits per heavy atom. The minimum atomic E-state index is -0.0324. The van der Waals surface area contributed by atoms with Crippen LogP contribution >= 0.6 is 37.9 Å². The molecule has 0 rings (SSSR count). The molecule has 0 aliphatic carbocycles. The number of rotatable bonds is 3. The van der Waals surface area contributed by atoms with E-state index in [4.69, 9.17) is 0 Å². The Morgan fingerprint density at radius 1 is 1.00 bits per heavy atom. The second-order valence-corrected chi connectivity index (χ2v) is 2.92. The van der Waals surface area contributed by atoms with Crippen molar-refractivity contribution in [2.45, 2.75) is 0 Å². The Balaban J connectivity index is 3.58. The van der Waals surface area contributed by atoms with Crippen LogP contribution in [-0.2, 0) is 0 Å². The third kappa shape index (κ3) is 2.55. The van der Waals surface area contributed by atoms with Crippen LogP contribution in [0, 0.1) is 12.3 Å². The van der Waals surface area contributed by atoms with Gasteiger partial charge in [0.05, 0.1) is 0 Å². The van der Waals surface area contributed by atoms with Crippen LogP contribution in [0.15, 0.2) is 0 Å². The van der Waals surface area contributed by atoms with Crippen LogP contribution < -0.4 is 0 Å². The van der Waals surface area contributed by atoms with Crippen molar-refractivity contribution in [2.75, 3.05) is 17.3 Å². The molecule has 1 radical (unpaired) electrons. The molecule has 0 aromatic heterocycles. The van der Waals surface area contributed by atoms with Crippen LogP contribution in [0.3, 0.4) is 0 Å². The highest BCUT2D eigenvalue weighted by atomic mass is 32.1. The largest absolute Gasteiger partial charge is 0.179 e. The fourth-order valence-corrected chi connectivity index (χ4v) is 1.35. The maximum absolute atomic E-state index is 4.10. The van der Waals surface area contributed by atoms with Crippen LogP contribution in [0.4, 0.5) is 0 Å². The van der Waals surface area contributed by atoms with Crippen LogP contribution in [0.25, 0.3) is 0 Å². The van der Waals surface area contributed by atoms with Gasteiger partial charge < -0.3 is 0 Å². The summed E-state index contributed by atoms with van der Waals surface area (Å²) in [6.45, 7) is 3.90. The Bertz CT molecular complexity index is 50.4. The van der Waals surface area contributed by atoms with Gasteiger partial charge in [-0.15, -0.1) is 0 Å². The lowest BCUT2D eigenvalue weighted by molar-refractivity contribution is 0.581. The lowest BCUT2D eigenvalue weighted by atomic mass is 10.00. The quantitative estimate of drug-likeness (QED) is 0.523. The smallest absolute Gasteiger partial charge is 0.00255 e. The molecule has 49 valence electrons. The summed E-state index contributed by atoms with van der Waals surface area (Å²) in [6.07, 6.45) is 0. The second kappa shape index (κ2) is 3.96. The molecule has 0 saturated carbocycles. The standard InChI is InChI=1S/C5H11S3/c1-5(2-6,3-7)4-8/h6-8H,1-4H2. The van der Waals surface area contributed by atoms with Crippen LogP contribution in [0.1, 0.15) is 0 Å². The SMILES string of the molecule is [CH2]C(CS)(CS)CS. The molecule has 0 amide bonds. The third-order valence-electron chi connectivity index (χ3n) is 1.01. The fourth-order valence-electron chi connectivity index (χ4n) is 0.150. The van der Waals surface area contributed by atoms with Crippen molar-refractivity contribution in [2.24, 2.45) is 5.41 Å². The van der Waals surface area contributed by atoms with E-state index < -0.39 is 0 Å². The topological polar surface area (TPSA) is 0 Å². The maximum atomic E-state index is 4.10. The van der Waals surface area contributed by atoms with Gasteiger partial charge in [-0.1, -0.05) is 0 Å². The van der Waals surface area contributed by atoms with Crippen molar-refractivity contribution >= 4 is 37.9 Å². The molecule has 3 heteroatoms. The van der Waals surface area contributed by atoms with Crippen LogP contribution in [0.5, 0.6) is 0 Å². The Hall–Kier alpha value is 1.05. The summed E-state index contributed by atoms with van der Waals surface area (Å²) < 4.78 is 0. The summed E-state index contributed by atoms with van der Waals surface area (Å²) in [5.41, 5.74) is -0.0324. The number of thiol groups is 3. The number of hydrogen-bond donors (Lipinski definition) is 3. The first-order chi connectivity index (χ1) is 3.68. The molecule has 0 atom stereocenters. The summed E-state index contributed by atoms with van der Waals surface area (Å²) >= 11 is 12.3. The molecule has 0 nitrogen and oxygen atoms in total. The van der Waals surface area contributed by atoms with Crippen molar-refractivity contribution in [1.82, 2.24) is 0 Å². The van der Waals surface area contributed by atoms with E-state index in [0.29, 0.717) is 0 Å². The third-order valence-corrected chi connectivity index (χ3v) is 3.02. The normalized spacial score (nSPS) is 12.0. The molecular weight excluding hydrogens is 156 g/mol. The van der Waals surface area contributed by atoms with E-state index in [0.717, 1.165) is 17.3 Å². The van der Waals surface area contributed by atoms with Crippen molar-refractivity contribution in [3.8, 4) is 0 Å². The van der Waals surface area contributed by atoms with Gasteiger partial charge in [0, 0.05) is 0 Å². The average Bonchev–Trinajstić information content (AvgIpc) is 1.87. The molecular formula is C5H11S3. The van der Waals surface area contributed by atoms with Gasteiger partial charge in [0.1, 0.15) is 0 Å². The van der Waals surface area contributed by atoms with Crippen molar-refractivity contribution in [1.29, 1.82) is 0 Å². The second-order valence-electron chi connectivity index (χ2n) is 1.97. The van der Waals surface area contributed by atoms with Gasteiger partial charge in [-0.25, -0.2) is 0 Å². The molecule has 0 unspecified atom stereocenters. The highest BCUT2D eigenvalue weighted by Gasteiger charge is 2.17. The van der Waals surface area contributed by atoms with E-state index in [1.807, 2.05) is 0 Å². The Labute approximate surface area is 67.7 Å². The minimum Gasteiger partial charge on any atom is -0.179 e. The van der Waals surface area contributed by atoms with Crippen LogP contribution in [0.2, 0.25) is 0 Å². The Morgan fingerprint density at radius 3 is 1.25 bits per heavy atom. The molecule has 0 aromatic carbocycles. The zero-order chi connectivity index (χ0) is 6.62. The van der Waals surface area contributed by atoms with Gasteiger partial charge in [-0.05, 0) is 29.6 Å². The highest BCUT2D eigenvalue weighted by Crippen LogP contribution is 2.20. The van der Waals surface area contributed by atoms with Crippen molar-refractivity contribution in [3.05, 3.63) is 6.92 Å². The van der Waals surface area contributed by atoms with E-state index in [-0.39, 0.29) is 5.41 Å². The highest BCUT2D eigenvalue weighted by molar-refractivity contribution is 7.82. The molecule has 0 heterocycles. The fraction of sp³-hybridized carbons (Fsp3) is 0.800. The molecule has 0 spiro atoms. The molecule has 0 aliphatic heterocycles. The summed E-state index contributed by atoms with van der Waals surface area (Å²) in [7, 11) is 0. The predicted molar refractivity (Wildman–Crippen MR) is 49.3 cm³/mol. The van der Waals surface area contributed by atoms with Gasteiger partial charge in [0.15, 0.2) is 0 Å². The molecule has 0 N–H and O–H groups in total. The predicted octanol–water partition coefficient (Wildman–Crippen LogP) is 1.60. The molecule has 0 fully saturated rings. The molecule has 8 heavy (non-hydrogen) atoms. The van der Waals surface area contributed by atoms with E-state index in [2.05, 4.69) is 44.8 Å². The number of hydrogen-bond acceptors (Lipinski definition) is 3. The van der Waals surface area contributed by atoms with E-state index in [1.165, 1.54) is 0 Å². The van der Waals surface area contributed by atoms with Gasteiger partial charge in [0.25, 0.3) is 0 Å². The molecule has 0 saturated heterocycles. The van der Waals surface area contributed by atoms with Crippen molar-refractivity contribution < 1.29 is 0 Å². The first-order valence-corrected chi connectivity index (χ1v) is 4.26. The first kappa shape index (κ1) is 9.05. The molecule has 0 bridgehead atoms. The lowest BCUT2D eigenvalue weighted by Crippen LogP contribution is -2.22. The Kier molecular flexibility index (Phi) is 4.48. The van der Waals surface area contributed by atoms with Gasteiger partial charge in [-0.3, -0.25) is 0 Å². The maximum Gasteiger partial charge on any atom is -0.00255 e. The summed E-state index contributed by atoms with van der Waals surface area (Å²) in [5.74, 6) is 2.25.